The molecule has 1 aromatic rings. The van der Waals surface area contributed by atoms with Gasteiger partial charge in [0.05, 0.1) is 11.6 Å². The van der Waals surface area contributed by atoms with Gasteiger partial charge in [-0.3, -0.25) is 19.3 Å². The lowest BCUT2D eigenvalue weighted by molar-refractivity contribution is -0.154. The van der Waals surface area contributed by atoms with Gasteiger partial charge >= 0.3 is 12.1 Å². The van der Waals surface area contributed by atoms with E-state index in [2.05, 4.69) is 5.32 Å². The zero-order valence-corrected chi connectivity index (χ0v) is 20.2. The molecule has 0 unspecified atom stereocenters. The van der Waals surface area contributed by atoms with Gasteiger partial charge in [-0.05, 0) is 64.3 Å². The zero-order valence-electron chi connectivity index (χ0n) is 20.2. The number of ether oxygens (including phenoxy) is 1. The molecule has 0 radical (unpaired) electrons. The fourth-order valence-electron chi connectivity index (χ4n) is 4.51. The zero-order chi connectivity index (χ0) is 25.4. The molecule has 1 N–H and O–H groups in total. The van der Waals surface area contributed by atoms with E-state index < -0.39 is 47.8 Å². The Balaban J connectivity index is 2.03. The van der Waals surface area contributed by atoms with E-state index in [1.54, 1.807) is 27.8 Å². The van der Waals surface area contributed by atoms with Crippen LogP contribution in [0.15, 0.2) is 18.2 Å². The second kappa shape index (κ2) is 9.56. The number of hydrogen-bond donors (Lipinski definition) is 1. The molecule has 1 fully saturated rings. The highest BCUT2D eigenvalue weighted by Crippen LogP contribution is 2.37. The number of nitrogens with one attached hydrogen (secondary N) is 1. The number of anilines is 1. The summed E-state index contributed by atoms with van der Waals surface area (Å²) in [5.74, 6) is -1.41. The molecule has 2 amide bonds. The van der Waals surface area contributed by atoms with Gasteiger partial charge in [-0.2, -0.15) is 13.2 Å². The molecule has 3 rings (SSSR count). The summed E-state index contributed by atoms with van der Waals surface area (Å²) in [6.45, 7) is 6.79. The summed E-state index contributed by atoms with van der Waals surface area (Å²) in [4.78, 5) is 42.0. The van der Waals surface area contributed by atoms with Crippen LogP contribution in [0.3, 0.4) is 0 Å². The topological polar surface area (TPSA) is 79.0 Å². The lowest BCUT2D eigenvalue weighted by atomic mass is 9.93. The van der Waals surface area contributed by atoms with Crippen LogP contribution < -0.4 is 10.2 Å². The smallest absolute Gasteiger partial charge is 0.416 e. The Morgan fingerprint density at radius 2 is 1.82 bits per heavy atom. The summed E-state index contributed by atoms with van der Waals surface area (Å²) in [6.07, 6.45) is -3.11. The van der Waals surface area contributed by atoms with Gasteiger partial charge < -0.3 is 15.0 Å². The van der Waals surface area contributed by atoms with Crippen LogP contribution in [0, 0.1) is 5.92 Å². The number of rotatable bonds is 4. The largest absolute Gasteiger partial charge is 0.459 e. The molecule has 2 aliphatic rings. The van der Waals surface area contributed by atoms with Crippen molar-refractivity contribution in [2.75, 3.05) is 25.0 Å². The van der Waals surface area contributed by atoms with Crippen LogP contribution in [0.2, 0.25) is 0 Å². The fourth-order valence-corrected chi connectivity index (χ4v) is 4.51. The van der Waals surface area contributed by atoms with Gasteiger partial charge in [-0.15, -0.1) is 0 Å². The van der Waals surface area contributed by atoms with Crippen molar-refractivity contribution in [3.8, 4) is 0 Å². The number of hydrogen-bond acceptors (Lipinski definition) is 5. The van der Waals surface area contributed by atoms with E-state index in [1.165, 1.54) is 11.0 Å². The van der Waals surface area contributed by atoms with E-state index in [0.717, 1.165) is 23.5 Å². The molecular formula is C24H32F3N3O4. The summed E-state index contributed by atoms with van der Waals surface area (Å²) in [5, 5.41) is 3.00. The van der Waals surface area contributed by atoms with Gasteiger partial charge in [0.25, 0.3) is 5.91 Å². The number of likely N-dealkylation sites (N-methyl/N-ethyl adjacent to an activating group) is 1. The lowest BCUT2D eigenvalue weighted by Crippen LogP contribution is -2.58. The number of fused-ring (bicyclic) bond motifs is 1. The van der Waals surface area contributed by atoms with E-state index in [9.17, 15) is 27.6 Å². The molecular weight excluding hydrogens is 451 g/mol. The van der Waals surface area contributed by atoms with Gasteiger partial charge in [0, 0.05) is 18.7 Å². The van der Waals surface area contributed by atoms with Crippen molar-refractivity contribution in [1.29, 1.82) is 0 Å². The van der Waals surface area contributed by atoms with Crippen molar-refractivity contribution in [3.63, 3.8) is 0 Å². The molecule has 188 valence electrons. The monoisotopic (exact) mass is 483 g/mol. The van der Waals surface area contributed by atoms with E-state index in [1.807, 2.05) is 6.92 Å². The number of nitrogens with zero attached hydrogens (tertiary/aromatic N) is 2. The Morgan fingerprint density at radius 1 is 1.15 bits per heavy atom. The van der Waals surface area contributed by atoms with Crippen molar-refractivity contribution >= 4 is 23.5 Å². The number of carbonyl (C=O) groups excluding carboxylic acids is 3. The maximum atomic E-state index is 13.6. The third-order valence-electron chi connectivity index (χ3n) is 6.14. The van der Waals surface area contributed by atoms with Crippen LogP contribution in [0.25, 0.3) is 0 Å². The van der Waals surface area contributed by atoms with Crippen molar-refractivity contribution in [1.82, 2.24) is 10.2 Å². The number of esters is 1. The number of benzene rings is 1. The van der Waals surface area contributed by atoms with Gasteiger partial charge in [-0.25, -0.2) is 0 Å². The standard InChI is InChI=1S/C24H32F3N3O4/c1-14-6-9-17(28-5)21(32)29(12-14)19-10-15-7-8-16(24(25,26)27)11-18(15)30(22(19)33)13-20(31)34-23(2,3)4/h7-8,11,14,17,19,28H,6,9-10,12-13H2,1-5H3/t14-,17+,19+/m1/s1. The summed E-state index contributed by atoms with van der Waals surface area (Å²) in [7, 11) is 1.68. The number of likely N-dealkylation sites (tertiary alicyclic amines) is 1. The molecule has 2 aliphatic heterocycles. The van der Waals surface area contributed by atoms with Gasteiger partial charge in [0.1, 0.15) is 18.2 Å². The minimum Gasteiger partial charge on any atom is -0.459 e. The summed E-state index contributed by atoms with van der Waals surface area (Å²) in [6, 6.07) is 1.79. The third kappa shape index (κ3) is 5.71. The minimum atomic E-state index is -4.61. The first-order valence-electron chi connectivity index (χ1n) is 11.4. The number of alkyl halides is 3. The average Bonchev–Trinajstić information content (AvgIpc) is 2.85. The summed E-state index contributed by atoms with van der Waals surface area (Å²) >= 11 is 0. The second-order valence-corrected chi connectivity index (χ2v) is 10.1. The molecule has 34 heavy (non-hydrogen) atoms. The number of amides is 2. The highest BCUT2D eigenvalue weighted by Gasteiger charge is 2.43. The first-order valence-corrected chi connectivity index (χ1v) is 11.4. The molecule has 7 nitrogen and oxygen atoms in total. The van der Waals surface area contributed by atoms with Gasteiger partial charge in [0.2, 0.25) is 5.91 Å². The Kier molecular flexibility index (Phi) is 7.31. The van der Waals surface area contributed by atoms with E-state index >= 15 is 0 Å². The quantitative estimate of drug-likeness (QED) is 0.666. The van der Waals surface area contributed by atoms with Crippen LogP contribution in [0.5, 0.6) is 0 Å². The van der Waals surface area contributed by atoms with Crippen LogP contribution in [0.4, 0.5) is 18.9 Å². The van der Waals surface area contributed by atoms with Crippen molar-refractivity contribution in [2.45, 2.75) is 70.8 Å². The Bertz CT molecular complexity index is 958. The average molecular weight is 484 g/mol. The highest BCUT2D eigenvalue weighted by atomic mass is 19.4. The second-order valence-electron chi connectivity index (χ2n) is 10.1. The first kappa shape index (κ1) is 26.0. The van der Waals surface area contributed by atoms with E-state index in [4.69, 9.17) is 4.74 Å². The minimum absolute atomic E-state index is 0.0161. The van der Waals surface area contributed by atoms with Crippen molar-refractivity contribution < 1.29 is 32.3 Å². The summed E-state index contributed by atoms with van der Waals surface area (Å²) in [5.41, 5.74) is -1.27. The molecule has 10 heteroatoms. The molecule has 0 aromatic heterocycles. The maximum absolute atomic E-state index is 13.6. The first-order chi connectivity index (χ1) is 15.7. The molecule has 1 saturated heterocycles. The fraction of sp³-hybridized carbons (Fsp3) is 0.625. The Morgan fingerprint density at radius 3 is 2.41 bits per heavy atom. The SMILES string of the molecule is CN[C@H]1CC[C@@H](C)CN([C@H]2Cc3ccc(C(F)(F)F)cc3N(CC(=O)OC(C)(C)C)C2=O)C1=O. The number of halogens is 3. The maximum Gasteiger partial charge on any atom is 0.416 e. The molecule has 0 bridgehead atoms. The third-order valence-corrected chi connectivity index (χ3v) is 6.14. The molecule has 0 spiro atoms. The Labute approximate surface area is 197 Å². The Hall–Kier alpha value is -2.62. The molecule has 1 aromatic carbocycles. The number of carbonyl (C=O) groups is 3. The van der Waals surface area contributed by atoms with Crippen molar-refractivity contribution in [2.24, 2.45) is 5.92 Å². The molecule has 0 aliphatic carbocycles. The highest BCUT2D eigenvalue weighted by molar-refractivity contribution is 6.05. The van der Waals surface area contributed by atoms with Crippen molar-refractivity contribution in [3.05, 3.63) is 29.3 Å². The summed E-state index contributed by atoms with van der Waals surface area (Å²) < 4.78 is 45.5. The molecule has 0 saturated carbocycles. The van der Waals surface area contributed by atoms with Crippen LogP contribution in [-0.4, -0.2) is 60.5 Å². The lowest BCUT2D eigenvalue weighted by Gasteiger charge is -2.40. The van der Waals surface area contributed by atoms with E-state index in [0.29, 0.717) is 18.5 Å². The predicted molar refractivity (Wildman–Crippen MR) is 120 cm³/mol. The van der Waals surface area contributed by atoms with E-state index in [-0.39, 0.29) is 23.9 Å². The predicted octanol–water partition coefficient (Wildman–Crippen LogP) is 3.15. The normalized spacial score (nSPS) is 24.1. The molecule has 2 heterocycles. The van der Waals surface area contributed by atoms with Crippen LogP contribution in [-0.2, 0) is 31.7 Å². The van der Waals surface area contributed by atoms with Gasteiger partial charge in [0.15, 0.2) is 0 Å². The van der Waals surface area contributed by atoms with Gasteiger partial charge in [-0.1, -0.05) is 13.0 Å². The molecule has 3 atom stereocenters. The van der Waals surface area contributed by atoms with Crippen LogP contribution in [0.1, 0.15) is 51.7 Å². The van der Waals surface area contributed by atoms with Crippen LogP contribution >= 0.6 is 0 Å².